The fraction of sp³-hybridized carbons (Fsp3) is 0.462. The first-order chi connectivity index (χ1) is 8.74. The van der Waals surface area contributed by atoms with Gasteiger partial charge in [-0.25, -0.2) is 10.9 Å². The summed E-state index contributed by atoms with van der Waals surface area (Å²) in [5.41, 5.74) is 14.2. The molecular formula is C13H18N4O. The highest BCUT2D eigenvalue weighted by Crippen LogP contribution is 2.19. The molecule has 1 aromatic rings. The van der Waals surface area contributed by atoms with Crippen molar-refractivity contribution in [1.29, 1.82) is 0 Å². The maximum Gasteiger partial charge on any atom is 0.241 e. The van der Waals surface area contributed by atoms with Gasteiger partial charge in [0, 0.05) is 19.5 Å². The molecule has 2 aliphatic rings. The van der Waals surface area contributed by atoms with E-state index >= 15 is 0 Å². The van der Waals surface area contributed by atoms with Crippen molar-refractivity contribution in [3.05, 3.63) is 35.4 Å². The van der Waals surface area contributed by atoms with Gasteiger partial charge in [0.2, 0.25) is 5.91 Å². The molecule has 2 unspecified atom stereocenters. The number of nitrogens with zero attached hydrogens (tertiary/aromatic N) is 1. The Kier molecular flexibility index (Phi) is 3.03. The van der Waals surface area contributed by atoms with E-state index in [1.807, 2.05) is 11.0 Å². The number of rotatable bonds is 1. The Hall–Kier alpha value is -1.43. The Morgan fingerprint density at radius 3 is 2.78 bits per heavy atom. The number of nitrogens with two attached hydrogens (primary N) is 1. The van der Waals surface area contributed by atoms with Gasteiger partial charge in [0.05, 0.1) is 6.17 Å². The van der Waals surface area contributed by atoms with Crippen molar-refractivity contribution in [1.82, 2.24) is 15.8 Å². The average molecular weight is 246 g/mol. The highest BCUT2D eigenvalue weighted by atomic mass is 16.2. The number of hydrogen-bond donors (Lipinski definition) is 3. The number of hydrazine groups is 1. The summed E-state index contributed by atoms with van der Waals surface area (Å²) in [6.45, 7) is 1.51. The summed E-state index contributed by atoms with van der Waals surface area (Å²) in [5.74, 6) is 0.143. The third kappa shape index (κ3) is 2.12. The molecule has 2 atom stereocenters. The van der Waals surface area contributed by atoms with Gasteiger partial charge in [0.25, 0.3) is 0 Å². The van der Waals surface area contributed by atoms with E-state index in [0.717, 1.165) is 13.0 Å². The number of benzene rings is 1. The van der Waals surface area contributed by atoms with Gasteiger partial charge in [-0.05, 0) is 17.5 Å². The van der Waals surface area contributed by atoms with Gasteiger partial charge in [0.15, 0.2) is 0 Å². The Morgan fingerprint density at radius 2 is 2.06 bits per heavy atom. The van der Waals surface area contributed by atoms with Crippen LogP contribution in [-0.2, 0) is 17.8 Å². The molecule has 0 saturated carbocycles. The lowest BCUT2D eigenvalue weighted by Crippen LogP contribution is -2.47. The Labute approximate surface area is 106 Å². The van der Waals surface area contributed by atoms with Gasteiger partial charge >= 0.3 is 0 Å². The maximum atomic E-state index is 12.3. The summed E-state index contributed by atoms with van der Waals surface area (Å²) in [7, 11) is 0. The molecule has 18 heavy (non-hydrogen) atoms. The molecule has 4 N–H and O–H groups in total. The fourth-order valence-corrected chi connectivity index (χ4v) is 2.65. The van der Waals surface area contributed by atoms with E-state index in [2.05, 4.69) is 29.1 Å². The molecule has 1 fully saturated rings. The van der Waals surface area contributed by atoms with Crippen LogP contribution in [0.25, 0.3) is 0 Å². The molecule has 0 spiro atoms. The van der Waals surface area contributed by atoms with Crippen molar-refractivity contribution in [2.75, 3.05) is 6.54 Å². The topological polar surface area (TPSA) is 70.4 Å². The van der Waals surface area contributed by atoms with Crippen LogP contribution in [0.1, 0.15) is 17.5 Å². The zero-order valence-electron chi connectivity index (χ0n) is 10.2. The molecule has 1 aromatic carbocycles. The summed E-state index contributed by atoms with van der Waals surface area (Å²) in [6, 6.07) is 8.13. The van der Waals surface area contributed by atoms with Crippen LogP contribution in [0.15, 0.2) is 24.3 Å². The fourth-order valence-electron chi connectivity index (χ4n) is 2.65. The molecule has 3 rings (SSSR count). The molecule has 2 heterocycles. The van der Waals surface area contributed by atoms with Crippen molar-refractivity contribution >= 4 is 5.91 Å². The van der Waals surface area contributed by atoms with Crippen molar-refractivity contribution in [2.24, 2.45) is 5.73 Å². The maximum absolute atomic E-state index is 12.3. The summed E-state index contributed by atoms with van der Waals surface area (Å²) in [5, 5.41) is 0. The average Bonchev–Trinajstić information content (AvgIpc) is 2.84. The molecule has 96 valence electrons. The molecule has 0 aromatic heterocycles. The standard InChI is InChI=1S/C13H18N4O/c14-12-7-11(15-16-12)13(18)17-6-5-9-3-1-2-4-10(9)8-17/h1-4,11-12,15-16H,5-8,14H2. The lowest BCUT2D eigenvalue weighted by Gasteiger charge is -2.30. The first-order valence-corrected chi connectivity index (χ1v) is 6.36. The van der Waals surface area contributed by atoms with Gasteiger partial charge in [-0.2, -0.15) is 0 Å². The highest BCUT2D eigenvalue weighted by Gasteiger charge is 2.31. The van der Waals surface area contributed by atoms with E-state index in [1.165, 1.54) is 11.1 Å². The van der Waals surface area contributed by atoms with Crippen LogP contribution in [0, 0.1) is 0 Å². The second kappa shape index (κ2) is 4.68. The smallest absolute Gasteiger partial charge is 0.241 e. The molecule has 0 aliphatic carbocycles. The predicted octanol–water partition coefficient (Wildman–Crippen LogP) is -0.277. The van der Waals surface area contributed by atoms with Gasteiger partial charge in [0.1, 0.15) is 6.04 Å². The van der Waals surface area contributed by atoms with Crippen LogP contribution in [0.3, 0.4) is 0 Å². The summed E-state index contributed by atoms with van der Waals surface area (Å²) < 4.78 is 0. The SMILES string of the molecule is NC1CC(C(=O)N2CCc3ccccc3C2)NN1. The van der Waals surface area contributed by atoms with Crippen LogP contribution in [-0.4, -0.2) is 29.6 Å². The summed E-state index contributed by atoms with van der Waals surface area (Å²) in [4.78, 5) is 14.2. The molecule has 1 saturated heterocycles. The molecule has 0 radical (unpaired) electrons. The lowest BCUT2D eigenvalue weighted by atomic mass is 9.99. The summed E-state index contributed by atoms with van der Waals surface area (Å²) >= 11 is 0. The minimum atomic E-state index is -0.190. The van der Waals surface area contributed by atoms with Gasteiger partial charge < -0.3 is 10.6 Å². The summed E-state index contributed by atoms with van der Waals surface area (Å²) in [6.07, 6.45) is 1.46. The van der Waals surface area contributed by atoms with Gasteiger partial charge in [-0.3, -0.25) is 4.79 Å². The molecular weight excluding hydrogens is 228 g/mol. The van der Waals surface area contributed by atoms with Crippen LogP contribution < -0.4 is 16.6 Å². The van der Waals surface area contributed by atoms with Gasteiger partial charge in [-0.15, -0.1) is 0 Å². The van der Waals surface area contributed by atoms with Crippen LogP contribution in [0.2, 0.25) is 0 Å². The number of hydrogen-bond acceptors (Lipinski definition) is 4. The first-order valence-electron chi connectivity index (χ1n) is 6.36. The Balaban J connectivity index is 1.70. The van der Waals surface area contributed by atoms with E-state index < -0.39 is 0 Å². The zero-order chi connectivity index (χ0) is 12.5. The third-order valence-corrected chi connectivity index (χ3v) is 3.67. The van der Waals surface area contributed by atoms with E-state index in [9.17, 15) is 4.79 Å². The number of carbonyl (C=O) groups excluding carboxylic acids is 1. The van der Waals surface area contributed by atoms with Crippen LogP contribution in [0.4, 0.5) is 0 Å². The zero-order valence-corrected chi connectivity index (χ0v) is 10.2. The number of fused-ring (bicyclic) bond motifs is 1. The quantitative estimate of drug-likeness (QED) is 0.637. The van der Waals surface area contributed by atoms with Crippen LogP contribution in [0.5, 0.6) is 0 Å². The molecule has 2 aliphatic heterocycles. The second-order valence-electron chi connectivity index (χ2n) is 4.96. The molecule has 5 nitrogen and oxygen atoms in total. The minimum absolute atomic E-state index is 0.129. The highest BCUT2D eigenvalue weighted by molar-refractivity contribution is 5.82. The van der Waals surface area contributed by atoms with E-state index in [4.69, 9.17) is 5.73 Å². The van der Waals surface area contributed by atoms with Crippen molar-refractivity contribution in [2.45, 2.75) is 31.6 Å². The number of nitrogens with one attached hydrogen (secondary N) is 2. The number of carbonyl (C=O) groups is 1. The first kappa shape index (κ1) is 11.6. The third-order valence-electron chi connectivity index (χ3n) is 3.67. The monoisotopic (exact) mass is 246 g/mol. The van der Waals surface area contributed by atoms with Crippen LogP contribution >= 0.6 is 0 Å². The normalized spacial score (nSPS) is 27.1. The largest absolute Gasteiger partial charge is 0.337 e. The minimum Gasteiger partial charge on any atom is -0.337 e. The predicted molar refractivity (Wildman–Crippen MR) is 68.2 cm³/mol. The van der Waals surface area contributed by atoms with Crippen molar-refractivity contribution < 1.29 is 4.79 Å². The number of amides is 1. The molecule has 5 heteroatoms. The van der Waals surface area contributed by atoms with E-state index in [1.54, 1.807) is 0 Å². The van der Waals surface area contributed by atoms with E-state index in [-0.39, 0.29) is 18.1 Å². The van der Waals surface area contributed by atoms with Crippen molar-refractivity contribution in [3.63, 3.8) is 0 Å². The van der Waals surface area contributed by atoms with Crippen molar-refractivity contribution in [3.8, 4) is 0 Å². The lowest BCUT2D eigenvalue weighted by molar-refractivity contribution is -0.134. The second-order valence-corrected chi connectivity index (χ2v) is 4.96. The van der Waals surface area contributed by atoms with E-state index in [0.29, 0.717) is 13.0 Å². The molecule has 0 bridgehead atoms. The molecule has 1 amide bonds. The Bertz CT molecular complexity index is 462. The Morgan fingerprint density at radius 1 is 1.28 bits per heavy atom. The van der Waals surface area contributed by atoms with Gasteiger partial charge in [-0.1, -0.05) is 24.3 Å².